The molecule has 0 bridgehead atoms. The van der Waals surface area contributed by atoms with E-state index >= 15 is 0 Å². The SMILES string of the molecule is CC(C)Oc1ccc(C(N)=O)cc1S(N)(=O)=O. The summed E-state index contributed by atoms with van der Waals surface area (Å²) in [6.07, 6.45) is -0.213. The lowest BCUT2D eigenvalue weighted by atomic mass is 10.2. The maximum atomic E-state index is 11.4. The Morgan fingerprint density at radius 1 is 1.35 bits per heavy atom. The van der Waals surface area contributed by atoms with Crippen molar-refractivity contribution >= 4 is 15.9 Å². The highest BCUT2D eigenvalue weighted by Crippen LogP contribution is 2.25. The molecule has 0 aliphatic heterocycles. The molecule has 94 valence electrons. The lowest BCUT2D eigenvalue weighted by Gasteiger charge is -2.13. The molecular weight excluding hydrogens is 244 g/mol. The second-order valence-electron chi connectivity index (χ2n) is 3.74. The van der Waals surface area contributed by atoms with E-state index in [0.29, 0.717) is 0 Å². The van der Waals surface area contributed by atoms with Crippen molar-refractivity contribution < 1.29 is 17.9 Å². The normalized spacial score (nSPS) is 11.5. The second kappa shape index (κ2) is 4.72. The van der Waals surface area contributed by atoms with Crippen LogP contribution in [0.5, 0.6) is 5.75 Å². The van der Waals surface area contributed by atoms with Gasteiger partial charge in [-0.05, 0) is 32.0 Å². The molecule has 0 aromatic heterocycles. The fraction of sp³-hybridized carbons (Fsp3) is 0.300. The van der Waals surface area contributed by atoms with Crippen molar-refractivity contribution in [3.05, 3.63) is 23.8 Å². The predicted molar refractivity (Wildman–Crippen MR) is 62.1 cm³/mol. The van der Waals surface area contributed by atoms with Crippen LogP contribution in [0.4, 0.5) is 0 Å². The molecule has 1 aromatic carbocycles. The van der Waals surface area contributed by atoms with Gasteiger partial charge in [-0.2, -0.15) is 0 Å². The summed E-state index contributed by atoms with van der Waals surface area (Å²) in [6.45, 7) is 3.49. The van der Waals surface area contributed by atoms with E-state index in [-0.39, 0.29) is 22.3 Å². The number of primary sulfonamides is 1. The first-order valence-electron chi connectivity index (χ1n) is 4.85. The van der Waals surface area contributed by atoms with Gasteiger partial charge in [-0.15, -0.1) is 0 Å². The summed E-state index contributed by atoms with van der Waals surface area (Å²) >= 11 is 0. The Balaban J connectivity index is 3.37. The van der Waals surface area contributed by atoms with Crippen LogP contribution in [0.25, 0.3) is 0 Å². The summed E-state index contributed by atoms with van der Waals surface area (Å²) in [5.74, 6) is -0.626. The van der Waals surface area contributed by atoms with Gasteiger partial charge in [-0.25, -0.2) is 13.6 Å². The van der Waals surface area contributed by atoms with Gasteiger partial charge in [0.2, 0.25) is 15.9 Å². The lowest BCUT2D eigenvalue weighted by Crippen LogP contribution is -2.18. The van der Waals surface area contributed by atoms with Gasteiger partial charge in [-0.3, -0.25) is 4.79 Å². The molecule has 4 N–H and O–H groups in total. The number of carbonyl (C=O) groups excluding carboxylic acids is 1. The predicted octanol–water partition coefficient (Wildman–Crippen LogP) is 0.220. The maximum absolute atomic E-state index is 11.4. The fourth-order valence-corrected chi connectivity index (χ4v) is 1.92. The largest absolute Gasteiger partial charge is 0.490 e. The molecule has 0 heterocycles. The number of ether oxygens (including phenoxy) is 1. The number of hydrogen-bond donors (Lipinski definition) is 2. The highest BCUT2D eigenvalue weighted by Gasteiger charge is 2.18. The molecule has 0 fully saturated rings. The van der Waals surface area contributed by atoms with Crippen molar-refractivity contribution in [3.63, 3.8) is 0 Å². The zero-order valence-corrected chi connectivity index (χ0v) is 10.3. The molecule has 0 radical (unpaired) electrons. The topological polar surface area (TPSA) is 112 Å². The van der Waals surface area contributed by atoms with Crippen LogP contribution in [-0.2, 0) is 10.0 Å². The first-order chi connectivity index (χ1) is 7.71. The van der Waals surface area contributed by atoms with E-state index in [4.69, 9.17) is 15.6 Å². The smallest absolute Gasteiger partial charge is 0.248 e. The number of rotatable bonds is 4. The minimum Gasteiger partial charge on any atom is -0.490 e. The third-order valence-electron chi connectivity index (χ3n) is 1.90. The highest BCUT2D eigenvalue weighted by atomic mass is 32.2. The van der Waals surface area contributed by atoms with Gasteiger partial charge < -0.3 is 10.5 Å². The molecule has 17 heavy (non-hydrogen) atoms. The van der Waals surface area contributed by atoms with Crippen LogP contribution >= 0.6 is 0 Å². The summed E-state index contributed by atoms with van der Waals surface area (Å²) in [5.41, 5.74) is 5.12. The Morgan fingerprint density at radius 2 is 1.94 bits per heavy atom. The minimum absolute atomic E-state index is 0.0603. The van der Waals surface area contributed by atoms with E-state index in [9.17, 15) is 13.2 Å². The molecule has 0 saturated heterocycles. The van der Waals surface area contributed by atoms with Crippen molar-refractivity contribution in [2.24, 2.45) is 10.9 Å². The van der Waals surface area contributed by atoms with Crippen LogP contribution < -0.4 is 15.6 Å². The molecule has 1 rings (SSSR count). The van der Waals surface area contributed by atoms with Gasteiger partial charge in [0.15, 0.2) is 0 Å². The average molecular weight is 258 g/mol. The lowest BCUT2D eigenvalue weighted by molar-refractivity contribution is 0.1000. The van der Waals surface area contributed by atoms with Gasteiger partial charge in [-0.1, -0.05) is 0 Å². The molecule has 0 aliphatic carbocycles. The van der Waals surface area contributed by atoms with Gasteiger partial charge in [0.05, 0.1) is 6.10 Å². The summed E-state index contributed by atoms with van der Waals surface area (Å²) < 4.78 is 28.0. The quantitative estimate of drug-likeness (QED) is 0.804. The molecular formula is C10H14N2O4S. The van der Waals surface area contributed by atoms with E-state index in [1.165, 1.54) is 12.1 Å². The summed E-state index contributed by atoms with van der Waals surface area (Å²) in [4.78, 5) is 10.7. The van der Waals surface area contributed by atoms with Crippen molar-refractivity contribution in [3.8, 4) is 5.75 Å². The van der Waals surface area contributed by atoms with Crippen molar-refractivity contribution in [2.45, 2.75) is 24.8 Å². The van der Waals surface area contributed by atoms with Gasteiger partial charge in [0.1, 0.15) is 10.6 Å². The molecule has 6 nitrogen and oxygen atoms in total. The number of benzene rings is 1. The summed E-state index contributed by atoms with van der Waals surface area (Å²) in [7, 11) is -3.97. The third kappa shape index (κ3) is 3.43. The summed E-state index contributed by atoms with van der Waals surface area (Å²) in [5, 5.41) is 5.04. The zero-order chi connectivity index (χ0) is 13.2. The van der Waals surface area contributed by atoms with E-state index in [1.54, 1.807) is 13.8 Å². The molecule has 7 heteroatoms. The number of nitrogens with two attached hydrogens (primary N) is 2. The zero-order valence-electron chi connectivity index (χ0n) is 9.51. The molecule has 0 aliphatic rings. The van der Waals surface area contributed by atoms with Gasteiger partial charge >= 0.3 is 0 Å². The number of sulfonamides is 1. The van der Waals surface area contributed by atoms with Crippen LogP contribution in [-0.4, -0.2) is 20.4 Å². The molecule has 1 aromatic rings. The first kappa shape index (κ1) is 13.5. The molecule has 0 unspecified atom stereocenters. The van der Waals surface area contributed by atoms with Crippen LogP contribution in [0, 0.1) is 0 Å². The second-order valence-corrected chi connectivity index (χ2v) is 5.27. The number of amides is 1. The highest BCUT2D eigenvalue weighted by molar-refractivity contribution is 7.89. The van der Waals surface area contributed by atoms with E-state index in [1.807, 2.05) is 0 Å². The van der Waals surface area contributed by atoms with Gasteiger partial charge in [0, 0.05) is 5.56 Å². The Bertz CT molecular complexity index is 537. The Labute approximate surface area is 99.6 Å². The van der Waals surface area contributed by atoms with Crippen molar-refractivity contribution in [1.82, 2.24) is 0 Å². The van der Waals surface area contributed by atoms with Crippen LogP contribution in [0.1, 0.15) is 24.2 Å². The first-order valence-corrected chi connectivity index (χ1v) is 6.39. The average Bonchev–Trinajstić information content (AvgIpc) is 2.15. The molecule has 0 spiro atoms. The molecule has 0 saturated carbocycles. The number of hydrogen-bond acceptors (Lipinski definition) is 4. The Morgan fingerprint density at radius 3 is 2.35 bits per heavy atom. The van der Waals surface area contributed by atoms with E-state index in [0.717, 1.165) is 6.07 Å². The van der Waals surface area contributed by atoms with Crippen LogP contribution in [0.2, 0.25) is 0 Å². The Hall–Kier alpha value is -1.60. The van der Waals surface area contributed by atoms with Crippen molar-refractivity contribution in [1.29, 1.82) is 0 Å². The van der Waals surface area contributed by atoms with Crippen LogP contribution in [0.15, 0.2) is 23.1 Å². The fourth-order valence-electron chi connectivity index (χ4n) is 1.23. The third-order valence-corrected chi connectivity index (χ3v) is 2.83. The monoisotopic (exact) mass is 258 g/mol. The Kier molecular flexibility index (Phi) is 3.74. The standard InChI is InChI=1S/C10H14N2O4S/c1-6(2)16-8-4-3-7(10(11)13)5-9(8)17(12,14)15/h3-6H,1-2H3,(H2,11,13)(H2,12,14,15). The van der Waals surface area contributed by atoms with E-state index in [2.05, 4.69) is 0 Å². The summed E-state index contributed by atoms with van der Waals surface area (Å²) in [6, 6.07) is 3.85. The number of primary amides is 1. The minimum atomic E-state index is -3.97. The van der Waals surface area contributed by atoms with Crippen LogP contribution in [0.3, 0.4) is 0 Å². The maximum Gasteiger partial charge on any atom is 0.248 e. The van der Waals surface area contributed by atoms with Gasteiger partial charge in [0.25, 0.3) is 0 Å². The number of carbonyl (C=O) groups is 1. The molecule has 1 amide bonds. The van der Waals surface area contributed by atoms with E-state index < -0.39 is 15.9 Å². The molecule has 0 atom stereocenters. The van der Waals surface area contributed by atoms with Crippen molar-refractivity contribution in [2.75, 3.05) is 0 Å².